The summed E-state index contributed by atoms with van der Waals surface area (Å²) in [4.78, 5) is 10.8. The zero-order chi connectivity index (χ0) is 12.3. The van der Waals surface area contributed by atoms with Gasteiger partial charge in [-0.2, -0.15) is 0 Å². The van der Waals surface area contributed by atoms with E-state index in [1.54, 1.807) is 0 Å². The Bertz CT molecular complexity index is 394. The number of phenolic OH excluding ortho intramolecular Hbond substituents is 2. The van der Waals surface area contributed by atoms with E-state index in [4.69, 9.17) is 16.1 Å². The van der Waals surface area contributed by atoms with Crippen molar-refractivity contribution in [3.8, 4) is 11.5 Å². The highest BCUT2D eigenvalue weighted by atomic mass is 16.4. The molecule has 2 unspecified atom stereocenters. The molecule has 6 nitrogen and oxygen atoms in total. The van der Waals surface area contributed by atoms with Gasteiger partial charge >= 0.3 is 5.97 Å². The molecule has 0 amide bonds. The third kappa shape index (κ3) is 2.41. The molecule has 1 rings (SSSR count). The van der Waals surface area contributed by atoms with Crippen LogP contribution in [0.3, 0.4) is 0 Å². The quantitative estimate of drug-likeness (QED) is 0.287. The average Bonchev–Trinajstić information content (AvgIpc) is 2.24. The summed E-state index contributed by atoms with van der Waals surface area (Å²) < 4.78 is 0. The first-order valence-corrected chi connectivity index (χ1v) is 4.68. The van der Waals surface area contributed by atoms with Crippen LogP contribution in [0.15, 0.2) is 18.2 Å². The summed E-state index contributed by atoms with van der Waals surface area (Å²) >= 11 is 0. The van der Waals surface area contributed by atoms with Gasteiger partial charge in [-0.15, -0.1) is 0 Å². The number of hydrogen-bond acceptors (Lipinski definition) is 5. The third-order valence-corrected chi connectivity index (χ3v) is 2.43. The first-order chi connectivity index (χ1) is 7.47. The van der Waals surface area contributed by atoms with E-state index in [2.05, 4.69) is 5.43 Å². The zero-order valence-corrected chi connectivity index (χ0v) is 8.71. The predicted molar refractivity (Wildman–Crippen MR) is 56.6 cm³/mol. The van der Waals surface area contributed by atoms with Crippen LogP contribution in [0.4, 0.5) is 0 Å². The molecule has 1 aromatic carbocycles. The molecule has 0 aromatic heterocycles. The minimum Gasteiger partial charge on any atom is -0.504 e. The molecule has 6 heteroatoms. The summed E-state index contributed by atoms with van der Waals surface area (Å²) in [6.45, 7) is 1.50. The molecule has 1 aromatic rings. The molecule has 0 aliphatic rings. The number of carboxylic acids is 1. The van der Waals surface area contributed by atoms with Crippen molar-refractivity contribution in [2.45, 2.75) is 13.0 Å². The number of phenols is 2. The van der Waals surface area contributed by atoms with Gasteiger partial charge in [-0.1, -0.05) is 13.0 Å². The van der Waals surface area contributed by atoms with Crippen molar-refractivity contribution in [1.29, 1.82) is 0 Å². The second kappa shape index (κ2) is 4.82. The van der Waals surface area contributed by atoms with Gasteiger partial charge < -0.3 is 15.3 Å². The van der Waals surface area contributed by atoms with Gasteiger partial charge in [-0.25, -0.2) is 0 Å². The van der Waals surface area contributed by atoms with E-state index in [1.165, 1.54) is 25.1 Å². The summed E-state index contributed by atoms with van der Waals surface area (Å²) in [5.74, 6) is 2.94. The molecule has 2 atom stereocenters. The van der Waals surface area contributed by atoms with Gasteiger partial charge in [-0.3, -0.25) is 16.1 Å². The first-order valence-electron chi connectivity index (χ1n) is 4.68. The van der Waals surface area contributed by atoms with Crippen molar-refractivity contribution in [3.05, 3.63) is 23.8 Å². The van der Waals surface area contributed by atoms with E-state index in [9.17, 15) is 9.90 Å². The Hall–Kier alpha value is -1.79. The summed E-state index contributed by atoms with van der Waals surface area (Å²) in [5.41, 5.74) is 2.87. The molecule has 0 aliphatic heterocycles. The summed E-state index contributed by atoms with van der Waals surface area (Å²) in [5, 5.41) is 27.3. The molecule has 0 heterocycles. The summed E-state index contributed by atoms with van der Waals surface area (Å²) in [7, 11) is 0. The highest BCUT2D eigenvalue weighted by molar-refractivity contribution is 5.70. The Labute approximate surface area is 92.3 Å². The van der Waals surface area contributed by atoms with E-state index >= 15 is 0 Å². The van der Waals surface area contributed by atoms with E-state index in [0.29, 0.717) is 5.56 Å². The standard InChI is InChI=1S/C10H14N2O4/c1-5(10(15)16)9(12-11)6-2-3-7(13)8(14)4-6/h2-5,9,12-14H,11H2,1H3,(H,15,16). The van der Waals surface area contributed by atoms with Gasteiger partial charge in [0.25, 0.3) is 0 Å². The Balaban J connectivity index is 3.04. The van der Waals surface area contributed by atoms with Crippen LogP contribution in [0.25, 0.3) is 0 Å². The van der Waals surface area contributed by atoms with Crippen molar-refractivity contribution in [3.63, 3.8) is 0 Å². The maximum absolute atomic E-state index is 10.8. The molecule has 0 bridgehead atoms. The van der Waals surface area contributed by atoms with Crippen molar-refractivity contribution in [2.24, 2.45) is 11.8 Å². The largest absolute Gasteiger partial charge is 0.504 e. The summed E-state index contributed by atoms with van der Waals surface area (Å²) in [6, 6.07) is 3.42. The van der Waals surface area contributed by atoms with Gasteiger partial charge in [0.2, 0.25) is 0 Å². The van der Waals surface area contributed by atoms with E-state index in [-0.39, 0.29) is 11.5 Å². The number of nitrogens with one attached hydrogen (secondary N) is 1. The lowest BCUT2D eigenvalue weighted by Gasteiger charge is -2.20. The minimum absolute atomic E-state index is 0.262. The SMILES string of the molecule is CC(C(=O)O)C(NN)c1ccc(O)c(O)c1. The van der Waals surface area contributed by atoms with Crippen molar-refractivity contribution < 1.29 is 20.1 Å². The lowest BCUT2D eigenvalue weighted by Crippen LogP contribution is -2.35. The fraction of sp³-hybridized carbons (Fsp3) is 0.300. The fourth-order valence-electron chi connectivity index (χ4n) is 1.41. The topological polar surface area (TPSA) is 116 Å². The summed E-state index contributed by atoms with van der Waals surface area (Å²) in [6.07, 6.45) is 0. The van der Waals surface area contributed by atoms with Gasteiger partial charge in [0.05, 0.1) is 12.0 Å². The van der Waals surface area contributed by atoms with E-state index < -0.39 is 17.9 Å². The molecule has 0 aliphatic carbocycles. The number of hydrazine groups is 1. The normalized spacial score (nSPS) is 14.4. The number of benzene rings is 1. The van der Waals surface area contributed by atoms with Gasteiger partial charge in [0.1, 0.15) is 0 Å². The maximum atomic E-state index is 10.8. The van der Waals surface area contributed by atoms with E-state index in [0.717, 1.165) is 0 Å². The highest BCUT2D eigenvalue weighted by Gasteiger charge is 2.24. The Kier molecular flexibility index (Phi) is 3.70. The van der Waals surface area contributed by atoms with E-state index in [1.807, 2.05) is 0 Å². The van der Waals surface area contributed by atoms with Crippen molar-refractivity contribution in [1.82, 2.24) is 5.43 Å². The predicted octanol–water partition coefficient (Wildman–Crippen LogP) is 0.323. The molecule has 16 heavy (non-hydrogen) atoms. The van der Waals surface area contributed by atoms with Crippen LogP contribution in [-0.4, -0.2) is 21.3 Å². The Morgan fingerprint density at radius 1 is 1.38 bits per heavy atom. The Morgan fingerprint density at radius 3 is 2.44 bits per heavy atom. The smallest absolute Gasteiger partial charge is 0.308 e. The second-order valence-corrected chi connectivity index (χ2v) is 3.52. The van der Waals surface area contributed by atoms with Gasteiger partial charge in [0.15, 0.2) is 11.5 Å². The Morgan fingerprint density at radius 2 is 2.00 bits per heavy atom. The van der Waals surface area contributed by atoms with Crippen molar-refractivity contribution >= 4 is 5.97 Å². The van der Waals surface area contributed by atoms with Gasteiger partial charge in [0, 0.05) is 0 Å². The number of carboxylic acid groups (broad SMARTS) is 1. The monoisotopic (exact) mass is 226 g/mol. The van der Waals surface area contributed by atoms with Crippen LogP contribution >= 0.6 is 0 Å². The molecule has 0 radical (unpaired) electrons. The molecule has 6 N–H and O–H groups in total. The van der Waals surface area contributed by atoms with Crippen LogP contribution in [0.1, 0.15) is 18.5 Å². The van der Waals surface area contributed by atoms with Crippen LogP contribution < -0.4 is 11.3 Å². The van der Waals surface area contributed by atoms with Crippen LogP contribution in [0, 0.1) is 5.92 Å². The maximum Gasteiger partial charge on any atom is 0.308 e. The number of aliphatic carboxylic acids is 1. The van der Waals surface area contributed by atoms with Crippen LogP contribution in [0.5, 0.6) is 11.5 Å². The first kappa shape index (κ1) is 12.3. The highest BCUT2D eigenvalue weighted by Crippen LogP contribution is 2.30. The molecule has 0 spiro atoms. The van der Waals surface area contributed by atoms with Crippen LogP contribution in [-0.2, 0) is 4.79 Å². The average molecular weight is 226 g/mol. The van der Waals surface area contributed by atoms with Crippen molar-refractivity contribution in [2.75, 3.05) is 0 Å². The zero-order valence-electron chi connectivity index (χ0n) is 8.71. The number of rotatable bonds is 4. The van der Waals surface area contributed by atoms with Crippen LogP contribution in [0.2, 0.25) is 0 Å². The molecule has 88 valence electrons. The minimum atomic E-state index is -1.00. The fourth-order valence-corrected chi connectivity index (χ4v) is 1.41. The number of hydrogen-bond donors (Lipinski definition) is 5. The molecule has 0 saturated carbocycles. The molecular weight excluding hydrogens is 212 g/mol. The van der Waals surface area contributed by atoms with Gasteiger partial charge in [-0.05, 0) is 17.7 Å². The molecular formula is C10H14N2O4. The number of carbonyl (C=O) groups is 1. The third-order valence-electron chi connectivity index (χ3n) is 2.43. The molecule has 0 fully saturated rings. The second-order valence-electron chi connectivity index (χ2n) is 3.52. The number of nitrogens with two attached hydrogens (primary N) is 1. The molecule has 0 saturated heterocycles. The number of aromatic hydroxyl groups is 2. The lowest BCUT2D eigenvalue weighted by molar-refractivity contribution is -0.142. The lowest BCUT2D eigenvalue weighted by atomic mass is 9.95.